The molecule has 3 rings (SSSR count). The van der Waals surface area contributed by atoms with Crippen molar-refractivity contribution in [3.63, 3.8) is 0 Å². The van der Waals surface area contributed by atoms with E-state index in [1.807, 2.05) is 0 Å². The number of aromatic carboxylic acids is 1. The van der Waals surface area contributed by atoms with Crippen LogP contribution in [0.15, 0.2) is 24.3 Å². The molecule has 2 aromatic heterocycles. The van der Waals surface area contributed by atoms with Crippen LogP contribution in [0.5, 0.6) is 0 Å². The van der Waals surface area contributed by atoms with Gasteiger partial charge in [-0.15, -0.1) is 11.3 Å². The molecular weight excluding hydrogens is 234 g/mol. The molecule has 86 valence electrons. The smallest absolute Gasteiger partial charge is 0.352 e. The molecule has 0 aliphatic rings. The Balaban J connectivity index is 2.46. The first kappa shape index (κ1) is 10.4. The molecule has 0 aliphatic carbocycles. The Bertz CT molecular complexity index is 752. The Morgan fingerprint density at radius 3 is 2.76 bits per heavy atom. The van der Waals surface area contributed by atoms with Gasteiger partial charge in [-0.05, 0) is 24.6 Å². The SMILES string of the molecule is Cc1ccc2c(c1)sc1cc(C(=O)O)n(C)c12. The van der Waals surface area contributed by atoms with Gasteiger partial charge in [0.05, 0.1) is 10.2 Å². The molecule has 3 nitrogen and oxygen atoms in total. The van der Waals surface area contributed by atoms with E-state index < -0.39 is 5.97 Å². The summed E-state index contributed by atoms with van der Waals surface area (Å²) in [4.78, 5) is 11.1. The van der Waals surface area contributed by atoms with Crippen molar-refractivity contribution in [2.45, 2.75) is 6.92 Å². The quantitative estimate of drug-likeness (QED) is 0.714. The van der Waals surface area contributed by atoms with Gasteiger partial charge in [-0.25, -0.2) is 4.79 Å². The molecule has 0 saturated carbocycles. The maximum Gasteiger partial charge on any atom is 0.352 e. The second kappa shape index (κ2) is 3.34. The summed E-state index contributed by atoms with van der Waals surface area (Å²) in [7, 11) is 1.80. The minimum absolute atomic E-state index is 0.341. The monoisotopic (exact) mass is 245 g/mol. The molecule has 17 heavy (non-hydrogen) atoms. The third kappa shape index (κ3) is 1.37. The van der Waals surface area contributed by atoms with Gasteiger partial charge in [0.25, 0.3) is 0 Å². The standard InChI is InChI=1S/C13H11NO2S/c1-7-3-4-8-10(5-7)17-11-6-9(13(15)16)14(2)12(8)11/h3-6H,1-2H3,(H,15,16). The lowest BCUT2D eigenvalue weighted by Gasteiger charge is -1.99. The maximum absolute atomic E-state index is 11.1. The molecule has 0 saturated heterocycles. The van der Waals surface area contributed by atoms with Crippen LogP contribution >= 0.6 is 11.3 Å². The lowest BCUT2D eigenvalue weighted by atomic mass is 10.2. The molecule has 0 atom stereocenters. The summed E-state index contributed by atoms with van der Waals surface area (Å²) in [5.41, 5.74) is 2.58. The van der Waals surface area contributed by atoms with Crippen LogP contribution in [-0.2, 0) is 7.05 Å². The van der Waals surface area contributed by atoms with Crippen molar-refractivity contribution in [3.8, 4) is 0 Å². The van der Waals surface area contributed by atoms with E-state index in [4.69, 9.17) is 5.11 Å². The fraction of sp³-hybridized carbons (Fsp3) is 0.154. The van der Waals surface area contributed by atoms with Gasteiger partial charge in [0, 0.05) is 17.1 Å². The van der Waals surface area contributed by atoms with Crippen molar-refractivity contribution in [2.24, 2.45) is 7.05 Å². The van der Waals surface area contributed by atoms with Gasteiger partial charge in [0.1, 0.15) is 5.69 Å². The Morgan fingerprint density at radius 2 is 2.06 bits per heavy atom. The number of aryl methyl sites for hydroxylation is 2. The lowest BCUT2D eigenvalue weighted by molar-refractivity contribution is 0.0687. The third-order valence-corrected chi connectivity index (χ3v) is 4.12. The van der Waals surface area contributed by atoms with Gasteiger partial charge in [0.2, 0.25) is 0 Å². The zero-order valence-electron chi connectivity index (χ0n) is 9.52. The number of benzene rings is 1. The van der Waals surface area contributed by atoms with Crippen LogP contribution in [0.1, 0.15) is 16.1 Å². The first-order valence-corrected chi connectivity index (χ1v) is 6.11. The number of carboxylic acid groups (broad SMARTS) is 1. The summed E-state index contributed by atoms with van der Waals surface area (Å²) in [5.74, 6) is -0.879. The second-order valence-corrected chi connectivity index (χ2v) is 5.29. The van der Waals surface area contributed by atoms with Gasteiger partial charge >= 0.3 is 5.97 Å². The Morgan fingerprint density at radius 1 is 1.29 bits per heavy atom. The minimum Gasteiger partial charge on any atom is -0.477 e. The molecule has 0 unspecified atom stereocenters. The molecule has 0 fully saturated rings. The van der Waals surface area contributed by atoms with Gasteiger partial charge in [-0.3, -0.25) is 0 Å². The first-order chi connectivity index (χ1) is 8.08. The van der Waals surface area contributed by atoms with Gasteiger partial charge in [-0.2, -0.15) is 0 Å². The average molecular weight is 245 g/mol. The highest BCUT2D eigenvalue weighted by Crippen LogP contribution is 2.35. The lowest BCUT2D eigenvalue weighted by Crippen LogP contribution is -2.03. The van der Waals surface area contributed by atoms with Crippen molar-refractivity contribution in [2.75, 3.05) is 0 Å². The van der Waals surface area contributed by atoms with Crippen LogP contribution < -0.4 is 0 Å². The second-order valence-electron chi connectivity index (χ2n) is 4.21. The zero-order chi connectivity index (χ0) is 12.2. The van der Waals surface area contributed by atoms with Gasteiger partial charge < -0.3 is 9.67 Å². The fourth-order valence-corrected chi connectivity index (χ4v) is 3.47. The number of aromatic nitrogens is 1. The maximum atomic E-state index is 11.1. The average Bonchev–Trinajstić information content (AvgIpc) is 2.75. The van der Waals surface area contributed by atoms with Crippen LogP contribution in [0.25, 0.3) is 20.3 Å². The van der Waals surface area contributed by atoms with Crippen LogP contribution in [0.3, 0.4) is 0 Å². The van der Waals surface area contributed by atoms with Crippen molar-refractivity contribution in [1.29, 1.82) is 0 Å². The number of thiophene rings is 1. The van der Waals surface area contributed by atoms with Crippen LogP contribution in [0.4, 0.5) is 0 Å². The highest BCUT2D eigenvalue weighted by molar-refractivity contribution is 7.25. The Kier molecular flexibility index (Phi) is 2.03. The molecule has 0 bridgehead atoms. The van der Waals surface area contributed by atoms with Gasteiger partial charge in [0.15, 0.2) is 0 Å². The third-order valence-electron chi connectivity index (χ3n) is 3.03. The molecule has 0 aliphatic heterocycles. The van der Waals surface area contributed by atoms with Crippen molar-refractivity contribution in [3.05, 3.63) is 35.5 Å². The van der Waals surface area contributed by atoms with Gasteiger partial charge in [-0.1, -0.05) is 12.1 Å². The number of carbonyl (C=O) groups is 1. The van der Waals surface area contributed by atoms with Crippen molar-refractivity contribution in [1.82, 2.24) is 4.57 Å². The van der Waals surface area contributed by atoms with E-state index in [0.29, 0.717) is 5.69 Å². The predicted octanol–water partition coefficient (Wildman–Crippen LogP) is 3.40. The molecule has 0 radical (unpaired) electrons. The number of hydrogen-bond donors (Lipinski definition) is 1. The van der Waals surface area contributed by atoms with E-state index in [1.165, 1.54) is 10.3 Å². The number of rotatable bonds is 1. The van der Waals surface area contributed by atoms with E-state index >= 15 is 0 Å². The Labute approximate surface area is 102 Å². The van der Waals surface area contributed by atoms with Crippen LogP contribution in [0.2, 0.25) is 0 Å². The van der Waals surface area contributed by atoms with E-state index in [0.717, 1.165) is 15.6 Å². The first-order valence-electron chi connectivity index (χ1n) is 5.30. The zero-order valence-corrected chi connectivity index (χ0v) is 10.3. The van der Waals surface area contributed by atoms with Crippen LogP contribution in [0, 0.1) is 6.92 Å². The van der Waals surface area contributed by atoms with E-state index in [9.17, 15) is 4.79 Å². The number of carboxylic acids is 1. The fourth-order valence-electron chi connectivity index (χ4n) is 2.20. The molecule has 1 N–H and O–H groups in total. The van der Waals surface area contributed by atoms with E-state index in [1.54, 1.807) is 29.0 Å². The number of fused-ring (bicyclic) bond motifs is 3. The molecule has 0 amide bonds. The topological polar surface area (TPSA) is 42.2 Å². The summed E-state index contributed by atoms with van der Waals surface area (Å²) in [6.45, 7) is 2.06. The van der Waals surface area contributed by atoms with Crippen molar-refractivity contribution >= 4 is 37.6 Å². The summed E-state index contributed by atoms with van der Waals surface area (Å²) in [6.07, 6.45) is 0. The molecular formula is C13H11NO2S. The summed E-state index contributed by atoms with van der Waals surface area (Å²) in [5, 5.41) is 10.2. The molecule has 4 heteroatoms. The number of hydrogen-bond acceptors (Lipinski definition) is 2. The number of nitrogens with zero attached hydrogens (tertiary/aromatic N) is 1. The Hall–Kier alpha value is -1.81. The molecule has 2 heterocycles. The minimum atomic E-state index is -0.879. The van der Waals surface area contributed by atoms with Crippen LogP contribution in [-0.4, -0.2) is 15.6 Å². The largest absolute Gasteiger partial charge is 0.477 e. The molecule has 1 aromatic carbocycles. The predicted molar refractivity (Wildman–Crippen MR) is 70.0 cm³/mol. The molecule has 0 spiro atoms. The van der Waals surface area contributed by atoms with E-state index in [2.05, 4.69) is 25.1 Å². The highest BCUT2D eigenvalue weighted by atomic mass is 32.1. The summed E-state index contributed by atoms with van der Waals surface area (Å²) < 4.78 is 4.00. The van der Waals surface area contributed by atoms with E-state index in [-0.39, 0.29) is 0 Å². The highest BCUT2D eigenvalue weighted by Gasteiger charge is 2.16. The summed E-state index contributed by atoms with van der Waals surface area (Å²) >= 11 is 1.64. The van der Waals surface area contributed by atoms with Crippen molar-refractivity contribution < 1.29 is 9.90 Å². The summed E-state index contributed by atoms with van der Waals surface area (Å²) in [6, 6.07) is 8.01. The normalized spacial score (nSPS) is 11.4. The molecule has 3 aromatic rings.